The Hall–Kier alpha value is -0.160. The molecule has 0 heterocycles. The predicted octanol–water partition coefficient (Wildman–Crippen LogP) is -0.954. The zero-order valence-electron chi connectivity index (χ0n) is 7.45. The Morgan fingerprint density at radius 2 is 1.17 bits per heavy atom. The van der Waals surface area contributed by atoms with Crippen molar-refractivity contribution in [1.29, 1.82) is 0 Å². The molecule has 0 aliphatic rings. The third-order valence-corrected chi connectivity index (χ3v) is 1.68. The van der Waals surface area contributed by atoms with Crippen molar-refractivity contribution >= 4 is 0 Å². The molecular weight excluding hydrogens is 158 g/mol. The van der Waals surface area contributed by atoms with Gasteiger partial charge in [-0.2, -0.15) is 0 Å². The molecule has 0 atom stereocenters. The maximum absolute atomic E-state index is 8.67. The van der Waals surface area contributed by atoms with Crippen LogP contribution in [-0.4, -0.2) is 59.7 Å². The first-order valence-electron chi connectivity index (χ1n) is 4.40. The smallest absolute Gasteiger partial charge is 0.0558 e. The van der Waals surface area contributed by atoms with Crippen molar-refractivity contribution < 1.29 is 15.3 Å². The standard InChI is InChI=1S/C8H19NO3/c10-6-1-3-9(5-8-12)4-2-7-11/h10-12H,1-8H2. The van der Waals surface area contributed by atoms with Gasteiger partial charge in [0.15, 0.2) is 0 Å². The van der Waals surface area contributed by atoms with E-state index in [1.54, 1.807) is 0 Å². The third-order valence-electron chi connectivity index (χ3n) is 1.68. The van der Waals surface area contributed by atoms with Crippen LogP contribution in [0.3, 0.4) is 0 Å². The topological polar surface area (TPSA) is 63.9 Å². The SMILES string of the molecule is OCCCN(CCO)CCCO. The largest absolute Gasteiger partial charge is 0.396 e. The van der Waals surface area contributed by atoms with E-state index in [1.807, 2.05) is 4.90 Å². The van der Waals surface area contributed by atoms with Crippen molar-refractivity contribution in [2.45, 2.75) is 12.8 Å². The van der Waals surface area contributed by atoms with Crippen molar-refractivity contribution in [3.8, 4) is 0 Å². The summed E-state index contributed by atoms with van der Waals surface area (Å²) in [6.07, 6.45) is 1.46. The highest BCUT2D eigenvalue weighted by Gasteiger charge is 2.01. The summed E-state index contributed by atoms with van der Waals surface area (Å²) in [4.78, 5) is 2.03. The summed E-state index contributed by atoms with van der Waals surface area (Å²) in [6, 6.07) is 0. The average molecular weight is 177 g/mol. The first-order chi connectivity index (χ1) is 5.85. The predicted molar refractivity (Wildman–Crippen MR) is 46.9 cm³/mol. The zero-order chi connectivity index (χ0) is 9.23. The van der Waals surface area contributed by atoms with E-state index in [2.05, 4.69) is 0 Å². The molecule has 0 aliphatic heterocycles. The minimum Gasteiger partial charge on any atom is -0.396 e. The van der Waals surface area contributed by atoms with Gasteiger partial charge < -0.3 is 20.2 Å². The van der Waals surface area contributed by atoms with Gasteiger partial charge in [-0.15, -0.1) is 0 Å². The van der Waals surface area contributed by atoms with Crippen LogP contribution in [0.4, 0.5) is 0 Å². The molecular formula is C8H19NO3. The molecule has 74 valence electrons. The van der Waals surface area contributed by atoms with Crippen LogP contribution in [0.5, 0.6) is 0 Å². The molecule has 4 nitrogen and oxygen atoms in total. The summed E-state index contributed by atoms with van der Waals surface area (Å²) >= 11 is 0. The normalized spacial score (nSPS) is 11.0. The third kappa shape index (κ3) is 6.54. The fraction of sp³-hybridized carbons (Fsp3) is 1.00. The van der Waals surface area contributed by atoms with E-state index in [4.69, 9.17) is 15.3 Å². The number of hydrogen-bond donors (Lipinski definition) is 3. The van der Waals surface area contributed by atoms with Crippen molar-refractivity contribution in [1.82, 2.24) is 4.90 Å². The highest BCUT2D eigenvalue weighted by molar-refractivity contribution is 4.56. The number of aliphatic hydroxyl groups is 3. The summed E-state index contributed by atoms with van der Waals surface area (Å²) < 4.78 is 0. The zero-order valence-corrected chi connectivity index (χ0v) is 7.45. The number of aliphatic hydroxyl groups excluding tert-OH is 3. The van der Waals surface area contributed by atoms with Gasteiger partial charge in [0.05, 0.1) is 6.61 Å². The number of hydrogen-bond acceptors (Lipinski definition) is 4. The minimum atomic E-state index is 0.136. The van der Waals surface area contributed by atoms with Gasteiger partial charge in [0, 0.05) is 32.8 Å². The van der Waals surface area contributed by atoms with Gasteiger partial charge in [0.1, 0.15) is 0 Å². The van der Waals surface area contributed by atoms with Crippen molar-refractivity contribution in [3.63, 3.8) is 0 Å². The molecule has 3 N–H and O–H groups in total. The van der Waals surface area contributed by atoms with Gasteiger partial charge in [-0.3, -0.25) is 0 Å². The van der Waals surface area contributed by atoms with Crippen LogP contribution in [0.1, 0.15) is 12.8 Å². The van der Waals surface area contributed by atoms with Crippen LogP contribution in [0, 0.1) is 0 Å². The number of nitrogens with zero attached hydrogens (tertiary/aromatic N) is 1. The Bertz CT molecular complexity index is 82.4. The highest BCUT2D eigenvalue weighted by atomic mass is 16.3. The van der Waals surface area contributed by atoms with E-state index in [1.165, 1.54) is 0 Å². The van der Waals surface area contributed by atoms with Gasteiger partial charge in [0.2, 0.25) is 0 Å². The van der Waals surface area contributed by atoms with E-state index in [-0.39, 0.29) is 19.8 Å². The second kappa shape index (κ2) is 8.93. The van der Waals surface area contributed by atoms with E-state index < -0.39 is 0 Å². The summed E-state index contributed by atoms with van der Waals surface area (Å²) in [7, 11) is 0. The minimum absolute atomic E-state index is 0.136. The van der Waals surface area contributed by atoms with Crippen LogP contribution < -0.4 is 0 Å². The molecule has 0 aliphatic carbocycles. The quantitative estimate of drug-likeness (QED) is 0.447. The molecule has 0 saturated carbocycles. The first-order valence-corrected chi connectivity index (χ1v) is 4.40. The van der Waals surface area contributed by atoms with Gasteiger partial charge in [-0.25, -0.2) is 0 Å². The van der Waals surface area contributed by atoms with Crippen LogP contribution in [-0.2, 0) is 0 Å². The Balaban J connectivity index is 3.40. The highest BCUT2D eigenvalue weighted by Crippen LogP contribution is 1.92. The summed E-state index contributed by atoms with van der Waals surface area (Å²) in [6.45, 7) is 2.70. The Morgan fingerprint density at radius 3 is 1.50 bits per heavy atom. The fourth-order valence-corrected chi connectivity index (χ4v) is 1.07. The van der Waals surface area contributed by atoms with Crippen LogP contribution >= 0.6 is 0 Å². The molecule has 0 fully saturated rings. The second-order valence-corrected chi connectivity index (χ2v) is 2.72. The van der Waals surface area contributed by atoms with Crippen molar-refractivity contribution in [3.05, 3.63) is 0 Å². The molecule has 0 spiro atoms. The second-order valence-electron chi connectivity index (χ2n) is 2.72. The Morgan fingerprint density at radius 1 is 0.667 bits per heavy atom. The van der Waals surface area contributed by atoms with Crippen molar-refractivity contribution in [2.24, 2.45) is 0 Å². The Kier molecular flexibility index (Phi) is 8.81. The maximum Gasteiger partial charge on any atom is 0.0558 e. The van der Waals surface area contributed by atoms with Gasteiger partial charge in [-0.05, 0) is 12.8 Å². The fourth-order valence-electron chi connectivity index (χ4n) is 1.07. The van der Waals surface area contributed by atoms with Crippen LogP contribution in [0.15, 0.2) is 0 Å². The first kappa shape index (κ1) is 11.8. The van der Waals surface area contributed by atoms with E-state index >= 15 is 0 Å². The molecule has 0 bridgehead atoms. The molecule has 0 amide bonds. The van der Waals surface area contributed by atoms with Gasteiger partial charge in [-0.1, -0.05) is 0 Å². The molecule has 0 rings (SSSR count). The molecule has 12 heavy (non-hydrogen) atoms. The lowest BCUT2D eigenvalue weighted by atomic mass is 10.3. The molecule has 0 saturated heterocycles. The molecule has 4 heteroatoms. The lowest BCUT2D eigenvalue weighted by Crippen LogP contribution is -2.30. The van der Waals surface area contributed by atoms with Crippen molar-refractivity contribution in [2.75, 3.05) is 39.5 Å². The van der Waals surface area contributed by atoms with E-state index in [0.717, 1.165) is 25.9 Å². The summed E-state index contributed by atoms with van der Waals surface area (Å²) in [5, 5.41) is 25.8. The maximum atomic E-state index is 8.67. The van der Waals surface area contributed by atoms with Crippen LogP contribution in [0.25, 0.3) is 0 Å². The average Bonchev–Trinajstić information content (AvgIpc) is 2.10. The van der Waals surface area contributed by atoms with Gasteiger partial charge in [0.25, 0.3) is 0 Å². The lowest BCUT2D eigenvalue weighted by molar-refractivity contribution is 0.166. The van der Waals surface area contributed by atoms with Gasteiger partial charge >= 0.3 is 0 Å². The molecule has 0 aromatic rings. The monoisotopic (exact) mass is 177 g/mol. The van der Waals surface area contributed by atoms with E-state index in [9.17, 15) is 0 Å². The van der Waals surface area contributed by atoms with Crippen LogP contribution in [0.2, 0.25) is 0 Å². The molecule has 0 radical (unpaired) electrons. The summed E-state index contributed by atoms with van der Waals surface area (Å²) in [5.74, 6) is 0. The summed E-state index contributed by atoms with van der Waals surface area (Å²) in [5.41, 5.74) is 0. The van der Waals surface area contributed by atoms with E-state index in [0.29, 0.717) is 6.54 Å². The molecule has 0 unspecified atom stereocenters. The number of rotatable bonds is 8. The molecule has 0 aromatic heterocycles. The lowest BCUT2D eigenvalue weighted by Gasteiger charge is -2.19. The Labute approximate surface area is 73.4 Å². The molecule has 0 aromatic carbocycles.